The number of hydrogen-bond donors (Lipinski definition) is 1. The van der Waals surface area contributed by atoms with Crippen molar-refractivity contribution >= 4 is 11.4 Å². The quantitative estimate of drug-likeness (QED) is 0.849. The topological polar surface area (TPSA) is 29.3 Å². The zero-order valence-corrected chi connectivity index (χ0v) is 12.9. The van der Waals surface area contributed by atoms with Crippen LogP contribution in [0.5, 0.6) is 0 Å². The van der Waals surface area contributed by atoms with Crippen LogP contribution in [0.4, 0.5) is 11.4 Å². The van der Waals surface area contributed by atoms with Crippen molar-refractivity contribution in [2.45, 2.75) is 26.2 Å². The lowest BCUT2D eigenvalue weighted by Crippen LogP contribution is -2.34. The minimum absolute atomic E-state index is 0.0741. The summed E-state index contributed by atoms with van der Waals surface area (Å²) >= 11 is 0. The molecule has 20 heavy (non-hydrogen) atoms. The van der Waals surface area contributed by atoms with E-state index in [1.54, 1.807) is 0 Å². The van der Waals surface area contributed by atoms with E-state index < -0.39 is 0 Å². The Bertz CT molecular complexity index is 570. The van der Waals surface area contributed by atoms with Crippen molar-refractivity contribution in [2.75, 3.05) is 24.2 Å². The highest BCUT2D eigenvalue weighted by atomic mass is 15.1. The van der Waals surface area contributed by atoms with E-state index in [1.165, 1.54) is 16.8 Å². The Morgan fingerprint density at radius 2 is 1.60 bits per heavy atom. The molecule has 2 aromatic rings. The first-order valence-corrected chi connectivity index (χ1v) is 7.03. The third-order valence-electron chi connectivity index (χ3n) is 3.85. The van der Waals surface area contributed by atoms with Gasteiger partial charge in [0.05, 0.1) is 0 Å². The molecule has 2 aromatic carbocycles. The number of rotatable bonds is 4. The lowest BCUT2D eigenvalue weighted by atomic mass is 9.84. The molecule has 0 spiro atoms. The maximum atomic E-state index is 5.77. The zero-order valence-electron chi connectivity index (χ0n) is 12.9. The standard InChI is InChI=1S/C18H24N2/c1-14-7-5-6-8-17(14)20(4)13-18(2,3)15-9-11-16(19)12-10-15/h5-12H,13,19H2,1-4H3. The molecule has 2 heteroatoms. The first kappa shape index (κ1) is 14.4. The van der Waals surface area contributed by atoms with Crippen molar-refractivity contribution in [1.82, 2.24) is 0 Å². The molecule has 0 atom stereocenters. The molecule has 0 heterocycles. The van der Waals surface area contributed by atoms with Gasteiger partial charge in [0.1, 0.15) is 0 Å². The minimum atomic E-state index is 0.0741. The lowest BCUT2D eigenvalue weighted by Gasteiger charge is -2.33. The Kier molecular flexibility index (Phi) is 4.03. The smallest absolute Gasteiger partial charge is 0.0393 e. The molecule has 0 fully saturated rings. The summed E-state index contributed by atoms with van der Waals surface area (Å²) in [6.07, 6.45) is 0. The third-order valence-corrected chi connectivity index (χ3v) is 3.85. The van der Waals surface area contributed by atoms with E-state index in [0.717, 1.165) is 12.2 Å². The third kappa shape index (κ3) is 3.13. The summed E-state index contributed by atoms with van der Waals surface area (Å²) in [5.74, 6) is 0. The number of likely N-dealkylation sites (N-methyl/N-ethyl adjacent to an activating group) is 1. The number of nitrogens with zero attached hydrogens (tertiary/aromatic N) is 1. The van der Waals surface area contributed by atoms with Crippen LogP contribution in [0.2, 0.25) is 0 Å². The summed E-state index contributed by atoms with van der Waals surface area (Å²) in [6, 6.07) is 16.7. The van der Waals surface area contributed by atoms with Gasteiger partial charge in [-0.1, -0.05) is 44.2 Å². The van der Waals surface area contributed by atoms with E-state index in [9.17, 15) is 0 Å². The number of aryl methyl sites for hydroxylation is 1. The number of benzene rings is 2. The Morgan fingerprint density at radius 1 is 1.00 bits per heavy atom. The van der Waals surface area contributed by atoms with Gasteiger partial charge >= 0.3 is 0 Å². The van der Waals surface area contributed by atoms with Crippen molar-refractivity contribution in [3.05, 3.63) is 59.7 Å². The summed E-state index contributed by atoms with van der Waals surface area (Å²) < 4.78 is 0. The number of nitrogens with two attached hydrogens (primary N) is 1. The van der Waals surface area contributed by atoms with Gasteiger partial charge in [0.15, 0.2) is 0 Å². The monoisotopic (exact) mass is 268 g/mol. The van der Waals surface area contributed by atoms with Crippen molar-refractivity contribution in [2.24, 2.45) is 0 Å². The first-order valence-electron chi connectivity index (χ1n) is 7.03. The number of nitrogen functional groups attached to an aromatic ring is 1. The maximum Gasteiger partial charge on any atom is 0.0393 e. The van der Waals surface area contributed by atoms with Crippen LogP contribution in [0.3, 0.4) is 0 Å². The van der Waals surface area contributed by atoms with Crippen molar-refractivity contribution in [1.29, 1.82) is 0 Å². The van der Waals surface area contributed by atoms with Gasteiger partial charge in [-0.15, -0.1) is 0 Å². The molecule has 0 unspecified atom stereocenters. The Labute approximate surface area is 122 Å². The van der Waals surface area contributed by atoms with E-state index in [4.69, 9.17) is 5.73 Å². The van der Waals surface area contributed by atoms with Crippen LogP contribution >= 0.6 is 0 Å². The van der Waals surface area contributed by atoms with Crippen LogP contribution in [0, 0.1) is 6.92 Å². The molecule has 0 bridgehead atoms. The molecule has 2 N–H and O–H groups in total. The molecule has 0 aliphatic rings. The van der Waals surface area contributed by atoms with Gasteiger partial charge in [0.25, 0.3) is 0 Å². The summed E-state index contributed by atoms with van der Waals surface area (Å²) in [6.45, 7) is 7.66. The van der Waals surface area contributed by atoms with Crippen LogP contribution in [-0.4, -0.2) is 13.6 Å². The Morgan fingerprint density at radius 3 is 2.20 bits per heavy atom. The average molecular weight is 268 g/mol. The molecule has 2 nitrogen and oxygen atoms in total. The van der Waals surface area contributed by atoms with Gasteiger partial charge in [-0.2, -0.15) is 0 Å². The molecule has 0 aliphatic carbocycles. The summed E-state index contributed by atoms with van der Waals surface area (Å²) in [4.78, 5) is 2.33. The molecule has 0 saturated heterocycles. The highest BCUT2D eigenvalue weighted by Crippen LogP contribution is 2.28. The second kappa shape index (κ2) is 5.58. The largest absolute Gasteiger partial charge is 0.399 e. The fraction of sp³-hybridized carbons (Fsp3) is 0.333. The van der Waals surface area contributed by atoms with Crippen LogP contribution in [0.15, 0.2) is 48.5 Å². The van der Waals surface area contributed by atoms with Crippen LogP contribution in [0.25, 0.3) is 0 Å². The SMILES string of the molecule is Cc1ccccc1N(C)CC(C)(C)c1ccc(N)cc1. The minimum Gasteiger partial charge on any atom is -0.399 e. The van der Waals surface area contributed by atoms with Gasteiger partial charge in [0.2, 0.25) is 0 Å². The summed E-state index contributed by atoms with van der Waals surface area (Å²) in [5, 5.41) is 0. The van der Waals surface area contributed by atoms with Crippen molar-refractivity contribution < 1.29 is 0 Å². The molecule has 0 amide bonds. The van der Waals surface area contributed by atoms with Gasteiger partial charge in [-0.25, -0.2) is 0 Å². The molecule has 0 aromatic heterocycles. The highest BCUT2D eigenvalue weighted by Gasteiger charge is 2.23. The number of para-hydroxylation sites is 1. The van der Waals surface area contributed by atoms with Gasteiger partial charge in [-0.3, -0.25) is 0 Å². The van der Waals surface area contributed by atoms with E-state index in [0.29, 0.717) is 0 Å². The zero-order chi connectivity index (χ0) is 14.8. The molecule has 0 aliphatic heterocycles. The maximum absolute atomic E-state index is 5.77. The summed E-state index contributed by atoms with van der Waals surface area (Å²) in [5.41, 5.74) is 10.6. The molecular formula is C18H24N2. The fourth-order valence-corrected chi connectivity index (χ4v) is 2.70. The van der Waals surface area contributed by atoms with E-state index in [-0.39, 0.29) is 5.41 Å². The lowest BCUT2D eigenvalue weighted by molar-refractivity contribution is 0.524. The van der Waals surface area contributed by atoms with E-state index >= 15 is 0 Å². The number of anilines is 2. The Hall–Kier alpha value is -1.96. The first-order chi connectivity index (χ1) is 9.40. The molecule has 0 radical (unpaired) electrons. The van der Waals surface area contributed by atoms with Gasteiger partial charge in [0, 0.05) is 30.4 Å². The molecular weight excluding hydrogens is 244 g/mol. The Balaban J connectivity index is 2.19. The highest BCUT2D eigenvalue weighted by molar-refractivity contribution is 5.53. The van der Waals surface area contributed by atoms with Crippen molar-refractivity contribution in [3.63, 3.8) is 0 Å². The number of hydrogen-bond acceptors (Lipinski definition) is 2. The van der Waals surface area contributed by atoms with Crippen molar-refractivity contribution in [3.8, 4) is 0 Å². The van der Waals surface area contributed by atoms with Crippen LogP contribution < -0.4 is 10.6 Å². The van der Waals surface area contributed by atoms with Gasteiger partial charge in [-0.05, 0) is 36.2 Å². The van der Waals surface area contributed by atoms with E-state index in [2.05, 4.69) is 69.1 Å². The fourth-order valence-electron chi connectivity index (χ4n) is 2.70. The summed E-state index contributed by atoms with van der Waals surface area (Å²) in [7, 11) is 2.15. The predicted octanol–water partition coefficient (Wildman–Crippen LogP) is 3.99. The van der Waals surface area contributed by atoms with E-state index in [1.807, 2.05) is 12.1 Å². The second-order valence-electron chi connectivity index (χ2n) is 6.15. The van der Waals surface area contributed by atoms with Crippen LogP contribution in [0.1, 0.15) is 25.0 Å². The molecule has 0 saturated carbocycles. The molecule has 2 rings (SSSR count). The van der Waals surface area contributed by atoms with Crippen LogP contribution in [-0.2, 0) is 5.41 Å². The second-order valence-corrected chi connectivity index (χ2v) is 6.15. The molecule has 106 valence electrons. The average Bonchev–Trinajstić information content (AvgIpc) is 2.39. The normalized spacial score (nSPS) is 11.4. The predicted molar refractivity (Wildman–Crippen MR) is 88.3 cm³/mol. The van der Waals surface area contributed by atoms with Gasteiger partial charge < -0.3 is 10.6 Å².